The van der Waals surface area contributed by atoms with E-state index in [1.54, 1.807) is 18.5 Å². The van der Waals surface area contributed by atoms with Gasteiger partial charge < -0.3 is 10.4 Å². The summed E-state index contributed by atoms with van der Waals surface area (Å²) < 4.78 is 13.4. The van der Waals surface area contributed by atoms with Gasteiger partial charge in [0, 0.05) is 12.4 Å². The Bertz CT molecular complexity index is 612. The third-order valence-electron chi connectivity index (χ3n) is 2.46. The van der Waals surface area contributed by atoms with Gasteiger partial charge in [-0.05, 0) is 17.7 Å². The minimum absolute atomic E-state index is 0.0148. The zero-order valence-electron chi connectivity index (χ0n) is 9.33. The largest absolute Gasteiger partial charge is 0.478 e. The number of thiophene rings is 1. The highest BCUT2D eigenvalue weighted by Gasteiger charge is 2.19. The fourth-order valence-corrected chi connectivity index (χ4v) is 2.77. The molecule has 0 amide bonds. The molecule has 0 aliphatic rings. The average Bonchev–Trinajstić information content (AvgIpc) is 2.76. The van der Waals surface area contributed by atoms with E-state index < -0.39 is 11.8 Å². The predicted octanol–water partition coefficient (Wildman–Crippen LogP) is 3.95. The van der Waals surface area contributed by atoms with Crippen molar-refractivity contribution in [3.8, 4) is 10.4 Å². The quantitative estimate of drug-likeness (QED) is 0.898. The molecule has 0 spiro atoms. The lowest BCUT2D eigenvalue weighted by Crippen LogP contribution is -2.01. The first-order valence-electron chi connectivity index (χ1n) is 5.02. The first kappa shape index (κ1) is 12.9. The highest BCUT2D eigenvalue weighted by atomic mass is 35.5. The van der Waals surface area contributed by atoms with Crippen LogP contribution < -0.4 is 5.32 Å². The second-order valence-electron chi connectivity index (χ2n) is 3.54. The summed E-state index contributed by atoms with van der Waals surface area (Å²) in [5.74, 6) is -1.61. The monoisotopic (exact) mass is 285 g/mol. The molecule has 94 valence electrons. The highest BCUT2D eigenvalue weighted by molar-refractivity contribution is 7.14. The van der Waals surface area contributed by atoms with Gasteiger partial charge in [-0.1, -0.05) is 17.7 Å². The second kappa shape index (κ2) is 4.96. The molecule has 0 aliphatic heterocycles. The van der Waals surface area contributed by atoms with Crippen molar-refractivity contribution in [3.05, 3.63) is 40.0 Å². The van der Waals surface area contributed by atoms with Gasteiger partial charge in [0.15, 0.2) is 0 Å². The van der Waals surface area contributed by atoms with Crippen LogP contribution in [-0.4, -0.2) is 18.1 Å². The van der Waals surface area contributed by atoms with Crippen LogP contribution in [0.1, 0.15) is 10.4 Å². The molecule has 2 aromatic rings. The van der Waals surface area contributed by atoms with Gasteiger partial charge in [0.05, 0.1) is 15.6 Å². The predicted molar refractivity (Wildman–Crippen MR) is 71.2 cm³/mol. The summed E-state index contributed by atoms with van der Waals surface area (Å²) in [5, 5.41) is 13.7. The zero-order chi connectivity index (χ0) is 13.3. The van der Waals surface area contributed by atoms with Crippen LogP contribution in [0.3, 0.4) is 0 Å². The molecule has 0 bridgehead atoms. The number of anilines is 1. The number of halogens is 2. The lowest BCUT2D eigenvalue weighted by Gasteiger charge is -2.04. The lowest BCUT2D eigenvalue weighted by molar-refractivity contribution is 0.0699. The SMILES string of the molecule is CNc1csc(-c2ccc(Cl)c(F)c2)c1C(=O)O. The van der Waals surface area contributed by atoms with Crippen molar-refractivity contribution in [2.24, 2.45) is 0 Å². The van der Waals surface area contributed by atoms with Crippen molar-refractivity contribution in [1.82, 2.24) is 0 Å². The number of benzene rings is 1. The molecule has 0 radical (unpaired) electrons. The number of rotatable bonds is 3. The molecular weight excluding hydrogens is 277 g/mol. The summed E-state index contributed by atoms with van der Waals surface area (Å²) in [4.78, 5) is 11.7. The molecule has 2 rings (SSSR count). The molecule has 1 aromatic heterocycles. The number of carboxylic acid groups (broad SMARTS) is 1. The van der Waals surface area contributed by atoms with Gasteiger partial charge in [0.25, 0.3) is 0 Å². The molecule has 0 atom stereocenters. The molecule has 1 aromatic carbocycles. The Morgan fingerprint density at radius 3 is 2.78 bits per heavy atom. The average molecular weight is 286 g/mol. The van der Waals surface area contributed by atoms with Crippen molar-refractivity contribution in [1.29, 1.82) is 0 Å². The number of hydrogen-bond acceptors (Lipinski definition) is 3. The summed E-state index contributed by atoms with van der Waals surface area (Å²) >= 11 is 6.85. The van der Waals surface area contributed by atoms with Crippen LogP contribution in [0.4, 0.5) is 10.1 Å². The minimum atomic E-state index is -1.05. The Morgan fingerprint density at radius 1 is 1.50 bits per heavy atom. The third kappa shape index (κ3) is 2.19. The van der Waals surface area contributed by atoms with Gasteiger partial charge in [0.1, 0.15) is 11.4 Å². The normalized spacial score (nSPS) is 10.4. The van der Waals surface area contributed by atoms with Crippen LogP contribution in [-0.2, 0) is 0 Å². The van der Waals surface area contributed by atoms with E-state index in [0.29, 0.717) is 16.1 Å². The molecule has 0 aliphatic carbocycles. The van der Waals surface area contributed by atoms with Gasteiger partial charge in [-0.15, -0.1) is 11.3 Å². The van der Waals surface area contributed by atoms with Crippen molar-refractivity contribution in [3.63, 3.8) is 0 Å². The molecule has 0 unspecified atom stereocenters. The third-order valence-corrected chi connectivity index (χ3v) is 3.79. The molecule has 1 heterocycles. The molecular formula is C12H9ClFNO2S. The molecule has 6 heteroatoms. The molecule has 2 N–H and O–H groups in total. The Balaban J connectivity index is 2.60. The zero-order valence-corrected chi connectivity index (χ0v) is 10.9. The summed E-state index contributed by atoms with van der Waals surface area (Å²) in [6.45, 7) is 0. The summed E-state index contributed by atoms with van der Waals surface area (Å²) in [6.07, 6.45) is 0. The fourth-order valence-electron chi connectivity index (χ4n) is 1.60. The van der Waals surface area contributed by atoms with Crippen LogP contribution in [0.15, 0.2) is 23.6 Å². The van der Waals surface area contributed by atoms with E-state index in [9.17, 15) is 14.3 Å². The number of nitrogens with one attached hydrogen (secondary N) is 1. The van der Waals surface area contributed by atoms with E-state index in [-0.39, 0.29) is 10.6 Å². The van der Waals surface area contributed by atoms with E-state index >= 15 is 0 Å². The van der Waals surface area contributed by atoms with Crippen molar-refractivity contribution in [2.75, 3.05) is 12.4 Å². The van der Waals surface area contributed by atoms with Crippen molar-refractivity contribution < 1.29 is 14.3 Å². The van der Waals surface area contributed by atoms with Crippen LogP contribution in [0, 0.1) is 5.82 Å². The molecule has 0 fully saturated rings. The van der Waals surface area contributed by atoms with Crippen LogP contribution in [0.25, 0.3) is 10.4 Å². The molecule has 0 saturated heterocycles. The maximum absolute atomic E-state index is 13.4. The Morgan fingerprint density at radius 2 is 2.22 bits per heavy atom. The minimum Gasteiger partial charge on any atom is -0.478 e. The van der Waals surface area contributed by atoms with E-state index in [4.69, 9.17) is 11.6 Å². The van der Waals surface area contributed by atoms with E-state index in [1.165, 1.54) is 23.5 Å². The van der Waals surface area contributed by atoms with Gasteiger partial charge in [0.2, 0.25) is 0 Å². The summed E-state index contributed by atoms with van der Waals surface area (Å²) in [6, 6.07) is 4.25. The summed E-state index contributed by atoms with van der Waals surface area (Å²) in [7, 11) is 1.64. The second-order valence-corrected chi connectivity index (χ2v) is 4.82. The first-order chi connectivity index (χ1) is 8.54. The Hall–Kier alpha value is -1.59. The fraction of sp³-hybridized carbons (Fsp3) is 0.0833. The van der Waals surface area contributed by atoms with Crippen molar-refractivity contribution in [2.45, 2.75) is 0 Å². The van der Waals surface area contributed by atoms with E-state index in [1.807, 2.05) is 0 Å². The number of carboxylic acids is 1. The van der Waals surface area contributed by atoms with Crippen LogP contribution in [0.5, 0.6) is 0 Å². The standard InChI is InChI=1S/C12H9ClFNO2S/c1-15-9-5-18-11(10(9)12(16)17)6-2-3-7(13)8(14)4-6/h2-5,15H,1H3,(H,16,17). The molecule has 3 nitrogen and oxygen atoms in total. The van der Waals surface area contributed by atoms with Crippen molar-refractivity contribution >= 4 is 34.6 Å². The van der Waals surface area contributed by atoms with Gasteiger partial charge >= 0.3 is 5.97 Å². The Labute approximate surface area is 112 Å². The maximum atomic E-state index is 13.4. The van der Waals surface area contributed by atoms with Gasteiger partial charge in [-0.3, -0.25) is 0 Å². The number of hydrogen-bond donors (Lipinski definition) is 2. The number of carbonyl (C=O) groups is 1. The highest BCUT2D eigenvalue weighted by Crippen LogP contribution is 2.36. The van der Waals surface area contributed by atoms with E-state index in [2.05, 4.69) is 5.32 Å². The topological polar surface area (TPSA) is 49.3 Å². The van der Waals surface area contributed by atoms with Crippen LogP contribution >= 0.6 is 22.9 Å². The molecule has 0 saturated carbocycles. The molecule has 18 heavy (non-hydrogen) atoms. The van der Waals surface area contributed by atoms with E-state index in [0.717, 1.165) is 0 Å². The Kier molecular flexibility index (Phi) is 3.54. The lowest BCUT2D eigenvalue weighted by atomic mass is 10.1. The van der Waals surface area contributed by atoms with Crippen LogP contribution in [0.2, 0.25) is 5.02 Å². The summed E-state index contributed by atoms with van der Waals surface area (Å²) in [5.41, 5.74) is 1.16. The number of aromatic carboxylic acids is 1. The maximum Gasteiger partial charge on any atom is 0.339 e. The first-order valence-corrected chi connectivity index (χ1v) is 6.28. The van der Waals surface area contributed by atoms with Gasteiger partial charge in [-0.25, -0.2) is 9.18 Å². The smallest absolute Gasteiger partial charge is 0.339 e. The van der Waals surface area contributed by atoms with Gasteiger partial charge in [-0.2, -0.15) is 0 Å².